The molecule has 3 aromatic heterocycles. The molecule has 4 heterocycles. The zero-order chi connectivity index (χ0) is 23.8. The molecule has 1 aliphatic heterocycles. The highest BCUT2D eigenvalue weighted by Crippen LogP contribution is 2.29. The number of oxazole rings is 1. The van der Waals surface area contributed by atoms with Crippen molar-refractivity contribution in [2.24, 2.45) is 0 Å². The van der Waals surface area contributed by atoms with Crippen molar-refractivity contribution in [1.29, 1.82) is 5.26 Å². The van der Waals surface area contributed by atoms with Crippen LogP contribution in [0.4, 0.5) is 5.88 Å². The lowest BCUT2D eigenvalue weighted by Gasteiger charge is -2.35. The third-order valence-electron chi connectivity index (χ3n) is 5.26. The number of hydrogen-bond acceptors (Lipinski definition) is 10. The lowest BCUT2D eigenvalue weighted by Crippen LogP contribution is -2.54. The number of aromatic nitrogens is 2. The number of carbonyl (C=O) groups is 1. The van der Waals surface area contributed by atoms with Gasteiger partial charge in [-0.05, 0) is 32.9 Å². The second kappa shape index (κ2) is 8.72. The van der Waals surface area contributed by atoms with Crippen LogP contribution in [0.15, 0.2) is 36.6 Å². The average Bonchev–Trinajstić information content (AvgIpc) is 3.52. The van der Waals surface area contributed by atoms with Crippen LogP contribution in [0.25, 0.3) is 11.7 Å². The molecular weight excluding hydrogens is 452 g/mol. The quantitative estimate of drug-likeness (QED) is 0.554. The predicted molar refractivity (Wildman–Crippen MR) is 113 cm³/mol. The number of sulfonamides is 1. The molecule has 0 bridgehead atoms. The number of carbonyl (C=O) groups excluding carboxylic acids is 1. The number of amides is 1. The molecule has 0 radical (unpaired) electrons. The molecule has 1 fully saturated rings. The smallest absolute Gasteiger partial charge is 0.266 e. The van der Waals surface area contributed by atoms with E-state index in [-0.39, 0.29) is 33.8 Å². The van der Waals surface area contributed by atoms with Crippen LogP contribution >= 0.6 is 0 Å². The monoisotopic (exact) mass is 474 g/mol. The van der Waals surface area contributed by atoms with Crippen molar-refractivity contribution in [3.8, 4) is 17.7 Å². The zero-order valence-electron chi connectivity index (χ0n) is 18.2. The van der Waals surface area contributed by atoms with E-state index < -0.39 is 16.1 Å². The number of nitrogens with zero attached hydrogens (tertiary/aromatic N) is 5. The van der Waals surface area contributed by atoms with Gasteiger partial charge in [0.2, 0.25) is 27.5 Å². The Morgan fingerprint density at radius 2 is 2.00 bits per heavy atom. The fourth-order valence-corrected chi connectivity index (χ4v) is 5.23. The third-order valence-corrected chi connectivity index (χ3v) is 7.05. The number of aryl methyl sites for hydroxylation is 2. The Morgan fingerprint density at radius 3 is 2.58 bits per heavy atom. The van der Waals surface area contributed by atoms with Crippen LogP contribution in [0.5, 0.6) is 0 Å². The van der Waals surface area contributed by atoms with Gasteiger partial charge in [-0.1, -0.05) is 5.16 Å². The maximum Gasteiger partial charge on any atom is 0.266 e. The number of nitrogens with one attached hydrogen (secondary N) is 1. The molecule has 1 saturated heterocycles. The number of anilines is 1. The van der Waals surface area contributed by atoms with E-state index in [1.807, 2.05) is 11.0 Å². The summed E-state index contributed by atoms with van der Waals surface area (Å²) >= 11 is 0. The molecule has 1 N–H and O–H groups in total. The summed E-state index contributed by atoms with van der Waals surface area (Å²) in [5.74, 6) is 0.711. The molecule has 12 nitrogen and oxygen atoms in total. The summed E-state index contributed by atoms with van der Waals surface area (Å²) in [5, 5.41) is 13.1. The maximum absolute atomic E-state index is 12.9. The lowest BCUT2D eigenvalue weighted by atomic mass is 10.2. The normalized spacial score (nSPS) is 15.5. The molecule has 174 valence electrons. The summed E-state index contributed by atoms with van der Waals surface area (Å²) < 4.78 is 43.7. The van der Waals surface area contributed by atoms with Crippen LogP contribution < -0.4 is 9.62 Å². The predicted octanol–water partition coefficient (Wildman–Crippen LogP) is 1.43. The standard InChI is InChI=1S/C20H22N6O6S/c1-12-17(14(3)32-23-12)33(28,29)24-13(2)19(27)25-6-8-26(9-7-25)20-15(11-21)22-18(31-20)16-5-4-10-30-16/h4-5,10,13,24H,6-9H2,1-3H3/t13-/m0/s1. The molecule has 0 aromatic carbocycles. The highest BCUT2D eigenvalue weighted by Gasteiger charge is 2.32. The van der Waals surface area contributed by atoms with E-state index in [2.05, 4.69) is 14.9 Å². The minimum Gasteiger partial charge on any atom is -0.459 e. The van der Waals surface area contributed by atoms with Crippen molar-refractivity contribution in [1.82, 2.24) is 19.8 Å². The number of nitriles is 1. The second-order valence-corrected chi connectivity index (χ2v) is 9.22. The largest absolute Gasteiger partial charge is 0.459 e. The summed E-state index contributed by atoms with van der Waals surface area (Å²) in [6.07, 6.45) is 1.48. The molecule has 1 aliphatic rings. The maximum atomic E-state index is 12.9. The van der Waals surface area contributed by atoms with Crippen molar-refractivity contribution >= 4 is 21.8 Å². The van der Waals surface area contributed by atoms with Gasteiger partial charge < -0.3 is 23.2 Å². The Labute approximate surface area is 189 Å². The van der Waals surface area contributed by atoms with Crippen LogP contribution in [-0.2, 0) is 14.8 Å². The Balaban J connectivity index is 1.41. The van der Waals surface area contributed by atoms with Crippen LogP contribution in [0.3, 0.4) is 0 Å². The topological polar surface area (TPSA) is 159 Å². The van der Waals surface area contributed by atoms with Gasteiger partial charge in [0.25, 0.3) is 5.89 Å². The van der Waals surface area contributed by atoms with Crippen LogP contribution in [0.2, 0.25) is 0 Å². The van der Waals surface area contributed by atoms with Crippen molar-refractivity contribution < 1.29 is 26.6 Å². The molecule has 0 spiro atoms. The first kappa shape index (κ1) is 22.6. The van der Waals surface area contributed by atoms with Crippen LogP contribution in [0.1, 0.15) is 24.1 Å². The Kier molecular flexibility index (Phi) is 5.96. The van der Waals surface area contributed by atoms with E-state index in [1.165, 1.54) is 27.0 Å². The van der Waals surface area contributed by atoms with Crippen LogP contribution in [0, 0.1) is 25.2 Å². The molecular formula is C20H22N6O6S. The SMILES string of the molecule is Cc1noc(C)c1S(=O)(=O)N[C@@H](C)C(=O)N1CCN(c2oc(-c3ccco3)nc2C#N)CC1. The molecule has 4 rings (SSSR count). The molecule has 3 aromatic rings. The molecule has 13 heteroatoms. The first-order valence-corrected chi connectivity index (χ1v) is 11.6. The number of hydrogen-bond donors (Lipinski definition) is 1. The summed E-state index contributed by atoms with van der Waals surface area (Å²) in [6, 6.07) is 4.40. The third kappa shape index (κ3) is 4.35. The molecule has 0 aliphatic carbocycles. The van der Waals surface area contributed by atoms with Gasteiger partial charge >= 0.3 is 0 Å². The van der Waals surface area contributed by atoms with E-state index in [9.17, 15) is 18.5 Å². The minimum absolute atomic E-state index is 0.0614. The van der Waals surface area contributed by atoms with E-state index in [0.717, 1.165) is 0 Å². The average molecular weight is 474 g/mol. The van der Waals surface area contributed by atoms with Crippen molar-refractivity contribution in [3.63, 3.8) is 0 Å². The highest BCUT2D eigenvalue weighted by molar-refractivity contribution is 7.89. The van der Waals surface area contributed by atoms with Gasteiger partial charge in [0.05, 0.1) is 12.3 Å². The van der Waals surface area contributed by atoms with Gasteiger partial charge in [0.15, 0.2) is 11.5 Å². The fourth-order valence-electron chi connectivity index (χ4n) is 3.71. The molecule has 0 unspecified atom stereocenters. The van der Waals surface area contributed by atoms with E-state index >= 15 is 0 Å². The van der Waals surface area contributed by atoms with Gasteiger partial charge in [0, 0.05) is 26.2 Å². The molecule has 33 heavy (non-hydrogen) atoms. The van der Waals surface area contributed by atoms with E-state index in [0.29, 0.717) is 37.8 Å². The van der Waals surface area contributed by atoms with Gasteiger partial charge in [-0.25, -0.2) is 8.42 Å². The van der Waals surface area contributed by atoms with Gasteiger partial charge in [-0.15, -0.1) is 0 Å². The lowest BCUT2D eigenvalue weighted by molar-refractivity contribution is -0.132. The molecule has 1 amide bonds. The zero-order valence-corrected chi connectivity index (χ0v) is 19.0. The minimum atomic E-state index is -3.98. The van der Waals surface area contributed by atoms with E-state index in [1.54, 1.807) is 17.0 Å². The Morgan fingerprint density at radius 1 is 1.27 bits per heavy atom. The number of furan rings is 1. The van der Waals surface area contributed by atoms with Crippen LogP contribution in [-0.4, -0.2) is 61.6 Å². The van der Waals surface area contributed by atoms with Crippen molar-refractivity contribution in [2.75, 3.05) is 31.1 Å². The number of rotatable bonds is 6. The van der Waals surface area contributed by atoms with Crippen molar-refractivity contribution in [2.45, 2.75) is 31.7 Å². The molecule has 1 atom stereocenters. The van der Waals surface area contributed by atoms with Gasteiger partial charge in [-0.2, -0.15) is 15.0 Å². The molecule has 0 saturated carbocycles. The summed E-state index contributed by atoms with van der Waals surface area (Å²) in [7, 11) is -3.98. The first-order valence-electron chi connectivity index (χ1n) is 10.1. The summed E-state index contributed by atoms with van der Waals surface area (Å²) in [5.41, 5.74) is 0.351. The Hall–Kier alpha value is -3.63. The number of piperazine rings is 1. The summed E-state index contributed by atoms with van der Waals surface area (Å²) in [4.78, 5) is 20.4. The second-order valence-electron chi connectivity index (χ2n) is 7.57. The Bertz CT molecular complexity index is 1280. The van der Waals surface area contributed by atoms with E-state index in [4.69, 9.17) is 13.4 Å². The van der Waals surface area contributed by atoms with Gasteiger partial charge in [0.1, 0.15) is 16.7 Å². The fraction of sp³-hybridized carbons (Fsp3) is 0.400. The van der Waals surface area contributed by atoms with Gasteiger partial charge in [-0.3, -0.25) is 4.79 Å². The summed E-state index contributed by atoms with van der Waals surface area (Å²) in [6.45, 7) is 5.91. The first-order chi connectivity index (χ1) is 15.7. The van der Waals surface area contributed by atoms with Crippen molar-refractivity contribution in [3.05, 3.63) is 35.5 Å². The highest BCUT2D eigenvalue weighted by atomic mass is 32.2.